The molecule has 0 aliphatic carbocycles. The van der Waals surface area contributed by atoms with E-state index in [-0.39, 0.29) is 4.90 Å². The standard InChI is InChI=1S/C21H19F3N4OS/c1-3-15-9-17(11-26-20(15)28-27-18-5-4-8-25-12-18)16-7-6-14(2)19(10-16)30(29)13-21(22,23)24/h3-12,27H,13H2,1-2H3/b15-3-,28-20+. The number of halogens is 3. The van der Waals surface area contributed by atoms with Crippen molar-refractivity contribution in [1.29, 1.82) is 0 Å². The number of hydrogen-bond donors (Lipinski definition) is 1. The average molecular weight is 432 g/mol. The molecule has 1 atom stereocenters. The fourth-order valence-electron chi connectivity index (χ4n) is 2.74. The molecule has 0 radical (unpaired) electrons. The van der Waals surface area contributed by atoms with E-state index in [0.717, 1.165) is 5.57 Å². The Bertz CT molecular complexity index is 1070. The highest BCUT2D eigenvalue weighted by Crippen LogP contribution is 2.26. The summed E-state index contributed by atoms with van der Waals surface area (Å²) in [6.07, 6.45) is 4.03. The second-order valence-corrected chi connectivity index (χ2v) is 7.90. The van der Waals surface area contributed by atoms with Gasteiger partial charge in [0.1, 0.15) is 5.75 Å². The smallest absolute Gasteiger partial charge is 0.275 e. The van der Waals surface area contributed by atoms with Gasteiger partial charge in [-0.05, 0) is 49.2 Å². The molecule has 9 heteroatoms. The van der Waals surface area contributed by atoms with E-state index >= 15 is 0 Å². The van der Waals surface area contributed by atoms with Crippen LogP contribution in [0.2, 0.25) is 0 Å². The van der Waals surface area contributed by atoms with Crippen molar-refractivity contribution >= 4 is 34.1 Å². The number of alkyl halides is 3. The molecule has 30 heavy (non-hydrogen) atoms. The summed E-state index contributed by atoms with van der Waals surface area (Å²) in [6, 6.07) is 8.55. The fourth-order valence-corrected chi connectivity index (χ4v) is 3.87. The van der Waals surface area contributed by atoms with Crippen molar-refractivity contribution < 1.29 is 17.4 Å². The van der Waals surface area contributed by atoms with Gasteiger partial charge in [0, 0.05) is 28.5 Å². The first-order valence-corrected chi connectivity index (χ1v) is 10.3. The normalized spacial score (nSPS) is 17.8. The van der Waals surface area contributed by atoms with Gasteiger partial charge >= 0.3 is 6.18 Å². The molecule has 3 rings (SSSR count). The van der Waals surface area contributed by atoms with Crippen molar-refractivity contribution in [3.63, 3.8) is 0 Å². The summed E-state index contributed by atoms with van der Waals surface area (Å²) < 4.78 is 50.2. The molecule has 1 N–H and O–H groups in total. The zero-order valence-corrected chi connectivity index (χ0v) is 17.1. The Morgan fingerprint density at radius 1 is 1.27 bits per heavy atom. The first kappa shape index (κ1) is 21.6. The summed E-state index contributed by atoms with van der Waals surface area (Å²) in [5, 5.41) is 4.28. The fraction of sp³-hybridized carbons (Fsp3) is 0.190. The minimum Gasteiger partial charge on any atom is -0.275 e. The number of aromatic nitrogens is 1. The van der Waals surface area contributed by atoms with Gasteiger partial charge in [-0.25, -0.2) is 4.99 Å². The van der Waals surface area contributed by atoms with Crippen molar-refractivity contribution in [1.82, 2.24) is 4.98 Å². The van der Waals surface area contributed by atoms with Crippen LogP contribution in [0.1, 0.15) is 18.1 Å². The molecule has 2 aromatic rings. The van der Waals surface area contributed by atoms with Gasteiger partial charge in [0.2, 0.25) is 0 Å². The van der Waals surface area contributed by atoms with E-state index in [1.807, 2.05) is 25.1 Å². The highest BCUT2D eigenvalue weighted by molar-refractivity contribution is 7.85. The number of nitrogens with zero attached hydrogens (tertiary/aromatic N) is 3. The van der Waals surface area contributed by atoms with Crippen LogP contribution in [0.4, 0.5) is 18.9 Å². The van der Waals surface area contributed by atoms with Gasteiger partial charge < -0.3 is 0 Å². The van der Waals surface area contributed by atoms with Gasteiger partial charge in [-0.15, -0.1) is 0 Å². The zero-order valence-electron chi connectivity index (χ0n) is 16.3. The maximum Gasteiger partial charge on any atom is 0.400 e. The number of pyridine rings is 1. The first-order chi connectivity index (χ1) is 14.3. The lowest BCUT2D eigenvalue weighted by Crippen LogP contribution is -2.19. The Kier molecular flexibility index (Phi) is 6.61. The minimum atomic E-state index is -4.50. The molecule has 2 heterocycles. The lowest BCUT2D eigenvalue weighted by Gasteiger charge is -2.14. The average Bonchev–Trinajstić information content (AvgIpc) is 2.72. The van der Waals surface area contributed by atoms with Crippen molar-refractivity contribution in [2.45, 2.75) is 24.9 Å². The lowest BCUT2D eigenvalue weighted by molar-refractivity contribution is -0.105. The molecule has 1 aromatic heterocycles. The third-order valence-electron chi connectivity index (χ3n) is 4.22. The summed E-state index contributed by atoms with van der Waals surface area (Å²) in [5.74, 6) is -0.917. The number of allylic oxidation sites excluding steroid dienone is 2. The number of nitrogens with one attached hydrogen (secondary N) is 1. The number of aryl methyl sites for hydroxylation is 1. The topological polar surface area (TPSA) is 66.7 Å². The number of benzene rings is 1. The van der Waals surface area contributed by atoms with Crippen LogP contribution >= 0.6 is 0 Å². The number of rotatable bonds is 5. The third-order valence-corrected chi connectivity index (χ3v) is 5.74. The van der Waals surface area contributed by atoms with Crippen molar-refractivity contribution in [2.75, 3.05) is 11.2 Å². The van der Waals surface area contributed by atoms with E-state index in [1.54, 1.807) is 43.7 Å². The summed E-state index contributed by atoms with van der Waals surface area (Å²) in [6.45, 7) is 3.48. The largest absolute Gasteiger partial charge is 0.400 e. The third kappa shape index (κ3) is 5.50. The molecule has 0 fully saturated rings. The maximum atomic E-state index is 12.7. The van der Waals surface area contributed by atoms with E-state index in [2.05, 4.69) is 20.5 Å². The molecular weight excluding hydrogens is 413 g/mol. The summed E-state index contributed by atoms with van der Waals surface area (Å²) in [7, 11) is -2.17. The SMILES string of the molecule is C/C=C1/C=C(c2ccc(C)c(S(=O)CC(F)(F)F)c2)C=N/C1=N/Nc1cccnc1. The second kappa shape index (κ2) is 9.17. The van der Waals surface area contributed by atoms with Gasteiger partial charge in [0.05, 0.1) is 22.7 Å². The number of amidine groups is 1. The second-order valence-electron chi connectivity index (χ2n) is 6.48. The van der Waals surface area contributed by atoms with E-state index in [9.17, 15) is 17.4 Å². The van der Waals surface area contributed by atoms with Crippen molar-refractivity contribution in [3.8, 4) is 0 Å². The van der Waals surface area contributed by atoms with Gasteiger partial charge in [0.15, 0.2) is 5.84 Å². The van der Waals surface area contributed by atoms with Crippen LogP contribution in [0.3, 0.4) is 0 Å². The quantitative estimate of drug-likeness (QED) is 0.684. The number of dihydropyridines is 1. The van der Waals surface area contributed by atoms with Gasteiger partial charge in [-0.1, -0.05) is 18.2 Å². The molecule has 156 valence electrons. The van der Waals surface area contributed by atoms with Crippen LogP contribution in [-0.2, 0) is 10.8 Å². The van der Waals surface area contributed by atoms with E-state index in [0.29, 0.717) is 28.2 Å². The van der Waals surface area contributed by atoms with E-state index in [4.69, 9.17) is 0 Å². The Hall–Kier alpha value is -3.07. The first-order valence-electron chi connectivity index (χ1n) is 8.99. The highest BCUT2D eigenvalue weighted by Gasteiger charge is 2.31. The van der Waals surface area contributed by atoms with Crippen LogP contribution in [-0.4, -0.2) is 33.2 Å². The van der Waals surface area contributed by atoms with Gasteiger partial charge in [-0.2, -0.15) is 18.3 Å². The van der Waals surface area contributed by atoms with Gasteiger partial charge in [0.25, 0.3) is 0 Å². The summed E-state index contributed by atoms with van der Waals surface area (Å²) >= 11 is 0. The minimum absolute atomic E-state index is 0.166. The number of aliphatic imine (C=N–C) groups is 1. The Labute approximate surface area is 174 Å². The Balaban J connectivity index is 1.85. The highest BCUT2D eigenvalue weighted by atomic mass is 32.2. The number of hydrazone groups is 1. The molecule has 1 aliphatic heterocycles. The van der Waals surface area contributed by atoms with Gasteiger partial charge in [-0.3, -0.25) is 14.6 Å². The number of hydrogen-bond acceptors (Lipinski definition) is 4. The van der Waals surface area contributed by atoms with Crippen molar-refractivity contribution in [2.24, 2.45) is 10.1 Å². The molecule has 0 saturated carbocycles. The van der Waals surface area contributed by atoms with Crippen LogP contribution in [0.15, 0.2) is 75.4 Å². The zero-order chi connectivity index (χ0) is 21.7. The van der Waals surface area contributed by atoms with Crippen LogP contribution in [0.25, 0.3) is 5.57 Å². The molecule has 0 amide bonds. The predicted octanol–water partition coefficient (Wildman–Crippen LogP) is 4.90. The lowest BCUT2D eigenvalue weighted by atomic mass is 10.00. The van der Waals surface area contributed by atoms with Crippen LogP contribution < -0.4 is 5.43 Å². The molecule has 1 unspecified atom stereocenters. The summed E-state index contributed by atoms with van der Waals surface area (Å²) in [4.78, 5) is 8.53. The maximum absolute atomic E-state index is 12.7. The molecule has 5 nitrogen and oxygen atoms in total. The molecule has 0 bridgehead atoms. The molecule has 1 aromatic carbocycles. The van der Waals surface area contributed by atoms with Crippen LogP contribution in [0, 0.1) is 6.92 Å². The predicted molar refractivity (Wildman–Crippen MR) is 114 cm³/mol. The molecule has 1 aliphatic rings. The van der Waals surface area contributed by atoms with E-state index in [1.165, 1.54) is 6.07 Å². The Morgan fingerprint density at radius 3 is 2.73 bits per heavy atom. The van der Waals surface area contributed by atoms with Crippen LogP contribution in [0.5, 0.6) is 0 Å². The monoisotopic (exact) mass is 432 g/mol. The Morgan fingerprint density at radius 2 is 2.07 bits per heavy atom. The molecule has 0 spiro atoms. The molecule has 0 saturated heterocycles. The van der Waals surface area contributed by atoms with Crippen molar-refractivity contribution in [3.05, 3.63) is 71.6 Å². The molecular formula is C21H19F3N4OS. The summed E-state index contributed by atoms with van der Waals surface area (Å²) in [5.41, 5.74) is 6.20. The van der Waals surface area contributed by atoms with E-state index < -0.39 is 22.7 Å². The number of anilines is 1.